The fourth-order valence-electron chi connectivity index (χ4n) is 2.03. The molecule has 0 heterocycles. The quantitative estimate of drug-likeness (QED) is 0.611. The van der Waals surface area contributed by atoms with Gasteiger partial charge in [-0.25, -0.2) is 0 Å². The van der Waals surface area contributed by atoms with Crippen LogP contribution in [0, 0.1) is 0 Å². The highest BCUT2D eigenvalue weighted by atomic mass is 14.3. The van der Waals surface area contributed by atoms with Gasteiger partial charge in [-0.3, -0.25) is 0 Å². The smallest absolute Gasteiger partial charge is 0.0347 e. The summed E-state index contributed by atoms with van der Waals surface area (Å²) in [4.78, 5) is 0. The second-order valence-electron chi connectivity index (χ2n) is 3.64. The zero-order valence-corrected chi connectivity index (χ0v) is 8.24. The van der Waals surface area contributed by atoms with Crippen LogP contribution in [0.1, 0.15) is 17.5 Å². The normalized spacial score (nSPS) is 17.1. The second kappa shape index (κ2) is 3.30. The maximum absolute atomic E-state index is 3.92. The summed E-state index contributed by atoms with van der Waals surface area (Å²) in [6.07, 6.45) is 9.30. The third kappa shape index (κ3) is 1.15. The molecule has 0 aliphatic heterocycles. The fraction of sp³-hybridized carbons (Fsp3) is 0.143. The summed E-state index contributed by atoms with van der Waals surface area (Å²) < 4.78 is 0. The molecule has 0 aromatic heterocycles. The zero-order valence-electron chi connectivity index (χ0n) is 8.24. The van der Waals surface area contributed by atoms with Gasteiger partial charge < -0.3 is 0 Å². The van der Waals surface area contributed by atoms with Gasteiger partial charge in [0.15, 0.2) is 0 Å². The Balaban J connectivity index is 2.65. The molecule has 0 bridgehead atoms. The van der Waals surface area contributed by atoms with Crippen molar-refractivity contribution in [3.05, 3.63) is 66.8 Å². The standard InChI is InChI=1S/C14H14/c1-3-14(4-2)11-7-9-12-8-5-6-10-13(12)14/h3-10H,1-2,11H2. The van der Waals surface area contributed by atoms with Crippen LogP contribution in [0.2, 0.25) is 0 Å². The first-order chi connectivity index (χ1) is 6.82. The minimum atomic E-state index is -0.0641. The van der Waals surface area contributed by atoms with Gasteiger partial charge in [-0.15, -0.1) is 13.2 Å². The van der Waals surface area contributed by atoms with E-state index in [1.165, 1.54) is 11.1 Å². The molecule has 0 N–H and O–H groups in total. The summed E-state index contributed by atoms with van der Waals surface area (Å²) in [5, 5.41) is 0. The molecule has 70 valence electrons. The fourth-order valence-corrected chi connectivity index (χ4v) is 2.03. The molecule has 0 amide bonds. The Labute approximate surface area is 85.3 Å². The lowest BCUT2D eigenvalue weighted by molar-refractivity contribution is 0.678. The van der Waals surface area contributed by atoms with Crippen LogP contribution < -0.4 is 0 Å². The van der Waals surface area contributed by atoms with Gasteiger partial charge >= 0.3 is 0 Å². The van der Waals surface area contributed by atoms with Crippen LogP contribution in [0.25, 0.3) is 6.08 Å². The van der Waals surface area contributed by atoms with Gasteiger partial charge in [-0.1, -0.05) is 48.6 Å². The highest BCUT2D eigenvalue weighted by molar-refractivity contribution is 5.62. The van der Waals surface area contributed by atoms with Crippen molar-refractivity contribution >= 4 is 6.08 Å². The van der Waals surface area contributed by atoms with Gasteiger partial charge in [0.2, 0.25) is 0 Å². The second-order valence-corrected chi connectivity index (χ2v) is 3.64. The van der Waals surface area contributed by atoms with E-state index in [4.69, 9.17) is 0 Å². The average molecular weight is 182 g/mol. The zero-order chi connectivity index (χ0) is 10.0. The Morgan fingerprint density at radius 1 is 1.14 bits per heavy atom. The van der Waals surface area contributed by atoms with Crippen molar-refractivity contribution in [1.29, 1.82) is 0 Å². The molecule has 2 rings (SSSR count). The van der Waals surface area contributed by atoms with E-state index in [1.54, 1.807) is 0 Å². The van der Waals surface area contributed by atoms with E-state index in [0.717, 1.165) is 6.42 Å². The summed E-state index contributed by atoms with van der Waals surface area (Å²) in [5.41, 5.74) is 2.52. The van der Waals surface area contributed by atoms with Crippen molar-refractivity contribution in [3.8, 4) is 0 Å². The van der Waals surface area contributed by atoms with Gasteiger partial charge in [-0.2, -0.15) is 0 Å². The third-order valence-corrected chi connectivity index (χ3v) is 2.94. The number of benzene rings is 1. The summed E-state index contributed by atoms with van der Waals surface area (Å²) >= 11 is 0. The molecule has 14 heavy (non-hydrogen) atoms. The maximum Gasteiger partial charge on any atom is 0.0347 e. The molecule has 0 saturated heterocycles. The molecule has 0 heteroatoms. The Morgan fingerprint density at radius 2 is 1.86 bits per heavy atom. The lowest BCUT2D eigenvalue weighted by atomic mass is 9.73. The van der Waals surface area contributed by atoms with Crippen molar-refractivity contribution in [2.45, 2.75) is 11.8 Å². The lowest BCUT2D eigenvalue weighted by Crippen LogP contribution is -2.22. The van der Waals surface area contributed by atoms with E-state index in [9.17, 15) is 0 Å². The van der Waals surface area contributed by atoms with Crippen LogP contribution in [-0.4, -0.2) is 0 Å². The molecule has 0 saturated carbocycles. The summed E-state index contributed by atoms with van der Waals surface area (Å²) in [6, 6.07) is 8.42. The number of rotatable bonds is 2. The topological polar surface area (TPSA) is 0 Å². The largest absolute Gasteiger partial charge is 0.102 e. The Hall–Kier alpha value is -1.56. The first-order valence-electron chi connectivity index (χ1n) is 4.86. The van der Waals surface area contributed by atoms with Crippen LogP contribution in [0.5, 0.6) is 0 Å². The van der Waals surface area contributed by atoms with E-state index in [-0.39, 0.29) is 5.41 Å². The Bertz CT molecular complexity index is 388. The van der Waals surface area contributed by atoms with Gasteiger partial charge in [0.1, 0.15) is 0 Å². The maximum atomic E-state index is 3.92. The lowest BCUT2D eigenvalue weighted by Gasteiger charge is -2.30. The van der Waals surface area contributed by atoms with Crippen LogP contribution in [-0.2, 0) is 5.41 Å². The predicted molar refractivity (Wildman–Crippen MR) is 62.2 cm³/mol. The molecule has 1 aliphatic rings. The van der Waals surface area contributed by atoms with E-state index >= 15 is 0 Å². The monoisotopic (exact) mass is 182 g/mol. The number of fused-ring (bicyclic) bond motifs is 1. The highest BCUT2D eigenvalue weighted by Gasteiger charge is 2.27. The van der Waals surface area contributed by atoms with Crippen LogP contribution in [0.4, 0.5) is 0 Å². The van der Waals surface area contributed by atoms with Gasteiger partial charge in [0, 0.05) is 5.41 Å². The molecule has 0 spiro atoms. The SMILES string of the molecule is C=CC1(C=C)CC=Cc2ccccc21. The van der Waals surface area contributed by atoms with Gasteiger partial charge in [0.25, 0.3) is 0 Å². The van der Waals surface area contributed by atoms with Gasteiger partial charge in [-0.05, 0) is 17.5 Å². The Morgan fingerprint density at radius 3 is 2.57 bits per heavy atom. The molecule has 0 radical (unpaired) electrons. The Kier molecular flexibility index (Phi) is 2.12. The molecule has 1 aliphatic carbocycles. The first kappa shape index (κ1) is 9.01. The third-order valence-electron chi connectivity index (χ3n) is 2.94. The van der Waals surface area contributed by atoms with Crippen molar-refractivity contribution in [1.82, 2.24) is 0 Å². The van der Waals surface area contributed by atoms with Crippen LogP contribution >= 0.6 is 0 Å². The minimum absolute atomic E-state index is 0.0641. The molecule has 0 nitrogen and oxygen atoms in total. The van der Waals surface area contributed by atoms with Crippen molar-refractivity contribution < 1.29 is 0 Å². The minimum Gasteiger partial charge on any atom is -0.102 e. The molecule has 1 aromatic rings. The summed E-state index contributed by atoms with van der Waals surface area (Å²) in [6.45, 7) is 7.84. The van der Waals surface area contributed by atoms with Crippen molar-refractivity contribution in [3.63, 3.8) is 0 Å². The molecule has 0 fully saturated rings. The molecule has 0 unspecified atom stereocenters. The highest BCUT2D eigenvalue weighted by Crippen LogP contribution is 2.37. The average Bonchev–Trinajstić information content (AvgIpc) is 2.28. The van der Waals surface area contributed by atoms with Crippen molar-refractivity contribution in [2.24, 2.45) is 0 Å². The van der Waals surface area contributed by atoms with E-state index in [2.05, 4.69) is 49.6 Å². The van der Waals surface area contributed by atoms with Gasteiger partial charge in [0.05, 0.1) is 0 Å². The summed E-state index contributed by atoms with van der Waals surface area (Å²) in [5.74, 6) is 0. The van der Waals surface area contributed by atoms with E-state index in [0.29, 0.717) is 0 Å². The number of allylic oxidation sites excluding steroid dienone is 3. The van der Waals surface area contributed by atoms with Crippen LogP contribution in [0.15, 0.2) is 55.7 Å². The number of hydrogen-bond donors (Lipinski definition) is 0. The molecular formula is C14H14. The number of hydrogen-bond acceptors (Lipinski definition) is 0. The summed E-state index contributed by atoms with van der Waals surface area (Å²) in [7, 11) is 0. The molecular weight excluding hydrogens is 168 g/mol. The van der Waals surface area contributed by atoms with Crippen LogP contribution in [0.3, 0.4) is 0 Å². The molecule has 0 atom stereocenters. The van der Waals surface area contributed by atoms with Crippen molar-refractivity contribution in [2.75, 3.05) is 0 Å². The molecule has 1 aromatic carbocycles. The first-order valence-corrected chi connectivity index (χ1v) is 4.86. The van der Waals surface area contributed by atoms with E-state index in [1.807, 2.05) is 12.2 Å². The van der Waals surface area contributed by atoms with E-state index < -0.39 is 0 Å². The predicted octanol–water partition coefficient (Wildman–Crippen LogP) is 3.71.